The number of aromatic nitrogens is 1. The highest BCUT2D eigenvalue weighted by Crippen LogP contribution is 2.23. The van der Waals surface area contributed by atoms with E-state index < -0.39 is 5.91 Å². The summed E-state index contributed by atoms with van der Waals surface area (Å²) in [5.74, 6) is -0.659. The van der Waals surface area contributed by atoms with Crippen molar-refractivity contribution < 1.29 is 4.79 Å². The van der Waals surface area contributed by atoms with Crippen LogP contribution in [0.3, 0.4) is 0 Å². The van der Waals surface area contributed by atoms with E-state index in [1.807, 2.05) is 59.2 Å². The average molecular weight is 329 g/mol. The Morgan fingerprint density at radius 2 is 1.65 bits per heavy atom. The van der Waals surface area contributed by atoms with Crippen LogP contribution in [0.15, 0.2) is 65.8 Å². The Balaban J connectivity index is 0.00000192. The number of rotatable bonds is 3. The SMILES string of the molecule is Cl.NC(N)=NC(=O)c1cn(Cc2ccccc2)c2ccccc12. The normalized spacial score (nSPS) is 10.1. The number of carbonyl (C=O) groups is 1. The first kappa shape index (κ1) is 16.6. The summed E-state index contributed by atoms with van der Waals surface area (Å²) in [6, 6.07) is 17.8. The lowest BCUT2D eigenvalue weighted by atomic mass is 10.1. The summed E-state index contributed by atoms with van der Waals surface area (Å²) in [4.78, 5) is 15.8. The maximum atomic E-state index is 12.2. The molecule has 0 spiro atoms. The van der Waals surface area contributed by atoms with Gasteiger partial charge < -0.3 is 16.0 Å². The Morgan fingerprint density at radius 3 is 2.35 bits per heavy atom. The van der Waals surface area contributed by atoms with Crippen LogP contribution in [-0.2, 0) is 6.54 Å². The molecular weight excluding hydrogens is 312 g/mol. The first-order valence-corrected chi connectivity index (χ1v) is 6.91. The summed E-state index contributed by atoms with van der Waals surface area (Å²) in [5.41, 5.74) is 13.2. The summed E-state index contributed by atoms with van der Waals surface area (Å²) < 4.78 is 2.03. The number of amides is 1. The fourth-order valence-corrected chi connectivity index (χ4v) is 2.51. The topological polar surface area (TPSA) is 86.4 Å². The molecule has 0 saturated carbocycles. The maximum Gasteiger partial charge on any atom is 0.282 e. The molecule has 118 valence electrons. The maximum absolute atomic E-state index is 12.2. The molecule has 0 aliphatic carbocycles. The van der Waals surface area contributed by atoms with Crippen molar-refractivity contribution in [2.45, 2.75) is 6.54 Å². The van der Waals surface area contributed by atoms with Crippen LogP contribution in [0.1, 0.15) is 15.9 Å². The number of carbonyl (C=O) groups excluding carboxylic acids is 1. The van der Waals surface area contributed by atoms with Crippen molar-refractivity contribution in [3.63, 3.8) is 0 Å². The van der Waals surface area contributed by atoms with Gasteiger partial charge in [-0.05, 0) is 11.6 Å². The molecule has 1 aromatic heterocycles. The fraction of sp³-hybridized carbons (Fsp3) is 0.0588. The summed E-state index contributed by atoms with van der Waals surface area (Å²) in [5, 5.41) is 0.841. The average Bonchev–Trinajstić information content (AvgIpc) is 2.87. The molecule has 0 atom stereocenters. The first-order valence-electron chi connectivity index (χ1n) is 6.91. The van der Waals surface area contributed by atoms with E-state index in [9.17, 15) is 4.79 Å². The molecular formula is C17H17ClN4O. The van der Waals surface area contributed by atoms with E-state index >= 15 is 0 Å². The van der Waals surface area contributed by atoms with Gasteiger partial charge in [-0.1, -0.05) is 48.5 Å². The Bertz CT molecular complexity index is 851. The fourth-order valence-electron chi connectivity index (χ4n) is 2.51. The second-order valence-electron chi connectivity index (χ2n) is 5.02. The zero-order valence-corrected chi connectivity index (χ0v) is 13.2. The van der Waals surface area contributed by atoms with Crippen LogP contribution in [0.2, 0.25) is 0 Å². The van der Waals surface area contributed by atoms with Gasteiger partial charge in [0.2, 0.25) is 0 Å². The van der Waals surface area contributed by atoms with Crippen molar-refractivity contribution in [1.29, 1.82) is 0 Å². The lowest BCUT2D eigenvalue weighted by Crippen LogP contribution is -2.24. The minimum Gasteiger partial charge on any atom is -0.370 e. The standard InChI is InChI=1S/C17H16N4O.ClH/c18-17(19)20-16(22)14-11-21(10-12-6-2-1-3-7-12)15-9-5-4-8-13(14)15;/h1-9,11H,10H2,(H4,18,19,20,22);1H. The van der Waals surface area contributed by atoms with Crippen LogP contribution in [0.4, 0.5) is 0 Å². The number of benzene rings is 2. The van der Waals surface area contributed by atoms with E-state index in [0.717, 1.165) is 16.5 Å². The van der Waals surface area contributed by atoms with Crippen molar-refractivity contribution in [3.05, 3.63) is 71.9 Å². The van der Waals surface area contributed by atoms with Crippen molar-refractivity contribution in [2.75, 3.05) is 0 Å². The zero-order valence-electron chi connectivity index (χ0n) is 12.3. The van der Waals surface area contributed by atoms with Crippen LogP contribution in [0, 0.1) is 0 Å². The van der Waals surface area contributed by atoms with Gasteiger partial charge in [0.25, 0.3) is 5.91 Å². The molecule has 0 unspecified atom stereocenters. The van der Waals surface area contributed by atoms with Crippen LogP contribution < -0.4 is 11.5 Å². The van der Waals surface area contributed by atoms with Crippen molar-refractivity contribution in [2.24, 2.45) is 16.5 Å². The number of halogens is 1. The Morgan fingerprint density at radius 1 is 1.00 bits per heavy atom. The van der Waals surface area contributed by atoms with E-state index in [2.05, 4.69) is 4.99 Å². The predicted octanol–water partition coefficient (Wildman–Crippen LogP) is 2.53. The van der Waals surface area contributed by atoms with Crippen molar-refractivity contribution >= 4 is 35.2 Å². The quantitative estimate of drug-likeness (QED) is 0.572. The van der Waals surface area contributed by atoms with Crippen LogP contribution in [0.5, 0.6) is 0 Å². The molecule has 0 saturated heterocycles. The monoisotopic (exact) mass is 328 g/mol. The molecule has 2 aromatic carbocycles. The number of guanidine groups is 1. The third kappa shape index (κ3) is 3.52. The van der Waals surface area contributed by atoms with E-state index in [1.165, 1.54) is 0 Å². The van der Waals surface area contributed by atoms with Gasteiger partial charge in [-0.15, -0.1) is 12.4 Å². The predicted molar refractivity (Wildman–Crippen MR) is 94.9 cm³/mol. The summed E-state index contributed by atoms with van der Waals surface area (Å²) in [6.07, 6.45) is 1.80. The molecule has 6 heteroatoms. The number of hydrogen-bond donors (Lipinski definition) is 2. The minimum absolute atomic E-state index is 0. The first-order chi connectivity index (χ1) is 10.6. The van der Waals surface area contributed by atoms with Gasteiger partial charge in [0.15, 0.2) is 5.96 Å². The summed E-state index contributed by atoms with van der Waals surface area (Å²) in [7, 11) is 0. The smallest absolute Gasteiger partial charge is 0.282 e. The molecule has 0 aliphatic rings. The zero-order chi connectivity index (χ0) is 15.5. The molecule has 0 aliphatic heterocycles. The molecule has 1 heterocycles. The number of hydrogen-bond acceptors (Lipinski definition) is 1. The molecule has 5 nitrogen and oxygen atoms in total. The van der Waals surface area contributed by atoms with E-state index in [0.29, 0.717) is 12.1 Å². The third-order valence-electron chi connectivity index (χ3n) is 3.45. The van der Waals surface area contributed by atoms with Gasteiger partial charge in [-0.25, -0.2) is 0 Å². The van der Waals surface area contributed by atoms with Gasteiger partial charge in [0.1, 0.15) is 0 Å². The number of nitrogens with two attached hydrogens (primary N) is 2. The Labute approximate surface area is 140 Å². The second kappa shape index (κ2) is 6.98. The van der Waals surface area contributed by atoms with Gasteiger partial charge in [0.05, 0.1) is 5.56 Å². The number of nitrogens with zero attached hydrogens (tertiary/aromatic N) is 2. The largest absolute Gasteiger partial charge is 0.370 e. The molecule has 4 N–H and O–H groups in total. The third-order valence-corrected chi connectivity index (χ3v) is 3.45. The van der Waals surface area contributed by atoms with Crippen LogP contribution in [0.25, 0.3) is 10.9 Å². The van der Waals surface area contributed by atoms with Crippen LogP contribution in [-0.4, -0.2) is 16.4 Å². The number of para-hydroxylation sites is 1. The lowest BCUT2D eigenvalue weighted by molar-refractivity contribution is 0.100. The van der Waals surface area contributed by atoms with Gasteiger partial charge in [0, 0.05) is 23.6 Å². The highest BCUT2D eigenvalue weighted by Gasteiger charge is 2.14. The molecule has 0 radical (unpaired) electrons. The second-order valence-corrected chi connectivity index (χ2v) is 5.02. The molecule has 0 fully saturated rings. The van der Waals surface area contributed by atoms with Crippen molar-refractivity contribution in [1.82, 2.24) is 4.57 Å². The highest BCUT2D eigenvalue weighted by atomic mass is 35.5. The molecule has 3 aromatic rings. The van der Waals surface area contributed by atoms with E-state index in [1.54, 1.807) is 6.20 Å². The Hall–Kier alpha value is -2.79. The number of fused-ring (bicyclic) bond motifs is 1. The van der Waals surface area contributed by atoms with E-state index in [4.69, 9.17) is 11.5 Å². The molecule has 1 amide bonds. The minimum atomic E-state index is -0.428. The van der Waals surface area contributed by atoms with Crippen molar-refractivity contribution in [3.8, 4) is 0 Å². The van der Waals surface area contributed by atoms with Gasteiger partial charge >= 0.3 is 0 Å². The lowest BCUT2D eigenvalue weighted by Gasteiger charge is -2.05. The van der Waals surface area contributed by atoms with Gasteiger partial charge in [-0.3, -0.25) is 4.79 Å². The van der Waals surface area contributed by atoms with E-state index in [-0.39, 0.29) is 18.4 Å². The van der Waals surface area contributed by atoms with Crippen LogP contribution >= 0.6 is 12.4 Å². The molecule has 3 rings (SSSR count). The van der Waals surface area contributed by atoms with Gasteiger partial charge in [-0.2, -0.15) is 4.99 Å². The Kier molecular flexibility index (Phi) is 5.03. The summed E-state index contributed by atoms with van der Waals surface area (Å²) in [6.45, 7) is 0.677. The molecule has 0 bridgehead atoms. The highest BCUT2D eigenvalue weighted by molar-refractivity contribution is 6.10. The number of aliphatic imine (C=N–C) groups is 1. The summed E-state index contributed by atoms with van der Waals surface area (Å²) >= 11 is 0. The molecule has 23 heavy (non-hydrogen) atoms.